The highest BCUT2D eigenvalue weighted by Gasteiger charge is 2.20. The Kier molecular flexibility index (Phi) is 4.78. The van der Waals surface area contributed by atoms with Crippen LogP contribution in [0, 0.1) is 6.92 Å². The van der Waals surface area contributed by atoms with E-state index in [4.69, 9.17) is 17.3 Å². The fourth-order valence-electron chi connectivity index (χ4n) is 2.45. The van der Waals surface area contributed by atoms with Gasteiger partial charge in [-0.15, -0.1) is 5.10 Å². The molecular formula is C15H21ClN4. The summed E-state index contributed by atoms with van der Waals surface area (Å²) >= 11 is 6.22. The van der Waals surface area contributed by atoms with Gasteiger partial charge in [0.05, 0.1) is 11.4 Å². The van der Waals surface area contributed by atoms with Crippen LogP contribution in [0.4, 0.5) is 0 Å². The molecule has 4 nitrogen and oxygen atoms in total. The molecule has 2 N–H and O–H groups in total. The van der Waals surface area contributed by atoms with Gasteiger partial charge in [0, 0.05) is 17.5 Å². The fraction of sp³-hybridized carbons (Fsp3) is 0.467. The van der Waals surface area contributed by atoms with Crippen molar-refractivity contribution in [3.05, 3.63) is 40.2 Å². The number of nitrogens with two attached hydrogens (primary N) is 1. The highest BCUT2D eigenvalue weighted by Crippen LogP contribution is 2.28. The van der Waals surface area contributed by atoms with Crippen LogP contribution in [0.2, 0.25) is 5.02 Å². The predicted octanol–water partition coefficient (Wildman–Crippen LogP) is 3.59. The Morgan fingerprint density at radius 2 is 2.00 bits per heavy atom. The Labute approximate surface area is 124 Å². The molecule has 1 heterocycles. The zero-order valence-electron chi connectivity index (χ0n) is 12.2. The summed E-state index contributed by atoms with van der Waals surface area (Å²) in [6.07, 6.45) is 2.08. The van der Waals surface area contributed by atoms with E-state index in [1.807, 2.05) is 29.8 Å². The lowest BCUT2D eigenvalue weighted by atomic mass is 9.97. The summed E-state index contributed by atoms with van der Waals surface area (Å²) in [5, 5.41) is 9.24. The largest absolute Gasteiger partial charge is 0.325 e. The van der Waals surface area contributed by atoms with Crippen molar-refractivity contribution in [3.8, 4) is 5.69 Å². The van der Waals surface area contributed by atoms with Crippen LogP contribution in [0.15, 0.2) is 18.2 Å². The summed E-state index contributed by atoms with van der Waals surface area (Å²) in [5.74, 6) is 0.406. The molecule has 0 bridgehead atoms. The smallest absolute Gasteiger partial charge is 0.100 e. The molecule has 0 fully saturated rings. The number of nitrogens with zero attached hydrogens (tertiary/aromatic N) is 3. The number of aryl methyl sites for hydroxylation is 1. The predicted molar refractivity (Wildman–Crippen MR) is 82.3 cm³/mol. The Balaban J connectivity index is 2.56. The molecule has 1 aromatic heterocycles. The molecule has 0 aliphatic rings. The zero-order chi connectivity index (χ0) is 14.7. The highest BCUT2D eigenvalue weighted by molar-refractivity contribution is 6.31. The van der Waals surface area contributed by atoms with E-state index in [-0.39, 0.29) is 0 Å². The molecule has 0 saturated carbocycles. The van der Waals surface area contributed by atoms with Gasteiger partial charge in [-0.3, -0.25) is 0 Å². The van der Waals surface area contributed by atoms with E-state index in [1.54, 1.807) is 0 Å². The summed E-state index contributed by atoms with van der Waals surface area (Å²) in [4.78, 5) is 0. The van der Waals surface area contributed by atoms with E-state index in [9.17, 15) is 0 Å². The molecule has 0 saturated heterocycles. The Morgan fingerprint density at radius 1 is 1.30 bits per heavy atom. The number of hydrogen-bond donors (Lipinski definition) is 1. The molecule has 108 valence electrons. The first kappa shape index (κ1) is 15.0. The molecule has 0 amide bonds. The monoisotopic (exact) mass is 292 g/mol. The summed E-state index contributed by atoms with van der Waals surface area (Å²) in [6, 6.07) is 5.94. The standard InChI is InChI=1S/C15H21ClN4/c1-4-11(5-2)15-14(9-17)18-19-20(15)12-7-6-10(3)13(16)8-12/h6-8,11H,4-5,9,17H2,1-3H3. The molecule has 1 aromatic carbocycles. The number of aromatic nitrogens is 3. The summed E-state index contributed by atoms with van der Waals surface area (Å²) < 4.78 is 1.88. The third kappa shape index (κ3) is 2.72. The van der Waals surface area contributed by atoms with E-state index in [2.05, 4.69) is 24.2 Å². The zero-order valence-corrected chi connectivity index (χ0v) is 13.0. The first-order valence-electron chi connectivity index (χ1n) is 7.03. The van der Waals surface area contributed by atoms with Crippen molar-refractivity contribution >= 4 is 11.6 Å². The van der Waals surface area contributed by atoms with Gasteiger partial charge < -0.3 is 5.73 Å². The van der Waals surface area contributed by atoms with Crippen LogP contribution in [0.3, 0.4) is 0 Å². The summed E-state index contributed by atoms with van der Waals surface area (Å²) in [5.41, 5.74) is 9.77. The van der Waals surface area contributed by atoms with Crippen molar-refractivity contribution in [2.24, 2.45) is 5.73 Å². The lowest BCUT2D eigenvalue weighted by Gasteiger charge is -2.16. The lowest BCUT2D eigenvalue weighted by Crippen LogP contribution is -2.10. The molecule has 0 aliphatic heterocycles. The molecule has 2 rings (SSSR count). The van der Waals surface area contributed by atoms with Crippen molar-refractivity contribution in [1.82, 2.24) is 15.0 Å². The minimum atomic E-state index is 0.406. The summed E-state index contributed by atoms with van der Waals surface area (Å²) in [6.45, 7) is 6.74. The van der Waals surface area contributed by atoms with E-state index < -0.39 is 0 Å². The van der Waals surface area contributed by atoms with Crippen molar-refractivity contribution in [2.45, 2.75) is 46.1 Å². The van der Waals surface area contributed by atoms with E-state index >= 15 is 0 Å². The minimum Gasteiger partial charge on any atom is -0.325 e. The van der Waals surface area contributed by atoms with Gasteiger partial charge in [-0.1, -0.05) is 36.7 Å². The van der Waals surface area contributed by atoms with Gasteiger partial charge in [0.1, 0.15) is 5.69 Å². The molecule has 0 radical (unpaired) electrons. The number of benzene rings is 1. The van der Waals surface area contributed by atoms with Crippen LogP contribution in [0.1, 0.15) is 49.6 Å². The van der Waals surface area contributed by atoms with Crippen molar-refractivity contribution < 1.29 is 0 Å². The second-order valence-electron chi connectivity index (χ2n) is 4.98. The van der Waals surface area contributed by atoms with Gasteiger partial charge in [0.25, 0.3) is 0 Å². The van der Waals surface area contributed by atoms with Crippen LogP contribution in [-0.4, -0.2) is 15.0 Å². The molecular weight excluding hydrogens is 272 g/mol. The van der Waals surface area contributed by atoms with Crippen molar-refractivity contribution in [3.63, 3.8) is 0 Å². The number of halogens is 1. The van der Waals surface area contributed by atoms with Crippen LogP contribution < -0.4 is 5.73 Å². The number of hydrogen-bond acceptors (Lipinski definition) is 3. The van der Waals surface area contributed by atoms with Gasteiger partial charge in [0.15, 0.2) is 0 Å². The molecule has 0 unspecified atom stereocenters. The fourth-order valence-corrected chi connectivity index (χ4v) is 2.63. The van der Waals surface area contributed by atoms with Crippen LogP contribution in [0.25, 0.3) is 5.69 Å². The van der Waals surface area contributed by atoms with E-state index in [0.29, 0.717) is 12.5 Å². The Bertz CT molecular complexity index is 588. The topological polar surface area (TPSA) is 56.7 Å². The second kappa shape index (κ2) is 6.37. The molecule has 2 aromatic rings. The molecule has 5 heteroatoms. The maximum atomic E-state index is 6.22. The third-order valence-electron chi connectivity index (χ3n) is 3.74. The van der Waals surface area contributed by atoms with Crippen molar-refractivity contribution in [2.75, 3.05) is 0 Å². The number of rotatable bonds is 5. The van der Waals surface area contributed by atoms with E-state index in [0.717, 1.165) is 40.5 Å². The van der Waals surface area contributed by atoms with Gasteiger partial charge >= 0.3 is 0 Å². The van der Waals surface area contributed by atoms with Gasteiger partial charge in [-0.25, -0.2) is 4.68 Å². The first-order chi connectivity index (χ1) is 9.62. The van der Waals surface area contributed by atoms with Crippen molar-refractivity contribution in [1.29, 1.82) is 0 Å². The SMILES string of the molecule is CCC(CC)c1c(CN)nnn1-c1ccc(C)c(Cl)c1. The Morgan fingerprint density at radius 3 is 2.55 bits per heavy atom. The molecule has 0 aliphatic carbocycles. The summed E-state index contributed by atoms with van der Waals surface area (Å²) in [7, 11) is 0. The maximum absolute atomic E-state index is 6.22. The minimum absolute atomic E-state index is 0.406. The second-order valence-corrected chi connectivity index (χ2v) is 5.39. The van der Waals surface area contributed by atoms with Crippen LogP contribution in [-0.2, 0) is 6.54 Å². The Hall–Kier alpha value is -1.39. The van der Waals surface area contributed by atoms with Gasteiger partial charge in [-0.05, 0) is 37.5 Å². The highest BCUT2D eigenvalue weighted by atomic mass is 35.5. The first-order valence-corrected chi connectivity index (χ1v) is 7.41. The van der Waals surface area contributed by atoms with Gasteiger partial charge in [-0.2, -0.15) is 0 Å². The molecule has 20 heavy (non-hydrogen) atoms. The normalized spacial score (nSPS) is 11.3. The quantitative estimate of drug-likeness (QED) is 0.916. The molecule has 0 spiro atoms. The van der Waals surface area contributed by atoms with E-state index in [1.165, 1.54) is 0 Å². The maximum Gasteiger partial charge on any atom is 0.100 e. The average Bonchev–Trinajstić information content (AvgIpc) is 2.87. The van der Waals surface area contributed by atoms with Crippen LogP contribution in [0.5, 0.6) is 0 Å². The van der Waals surface area contributed by atoms with Crippen LogP contribution >= 0.6 is 11.6 Å². The molecule has 0 atom stereocenters. The lowest BCUT2D eigenvalue weighted by molar-refractivity contribution is 0.590. The van der Waals surface area contributed by atoms with Gasteiger partial charge in [0.2, 0.25) is 0 Å². The third-order valence-corrected chi connectivity index (χ3v) is 4.15. The average molecular weight is 293 g/mol.